The van der Waals surface area contributed by atoms with Crippen molar-refractivity contribution < 1.29 is 9.53 Å². The summed E-state index contributed by atoms with van der Waals surface area (Å²) in [6, 6.07) is 3.20. The lowest BCUT2D eigenvalue weighted by Gasteiger charge is -2.10. The van der Waals surface area contributed by atoms with Crippen LogP contribution in [-0.4, -0.2) is 36.2 Å². The fraction of sp³-hybridized carbons (Fsp3) is 0.353. The largest absolute Gasteiger partial charge is 0.460 e. The van der Waals surface area contributed by atoms with Gasteiger partial charge in [-0.1, -0.05) is 6.92 Å². The van der Waals surface area contributed by atoms with Gasteiger partial charge in [-0.2, -0.15) is 0 Å². The molecular weight excluding hydrogens is 338 g/mol. The Morgan fingerprint density at radius 1 is 1.27 bits per heavy atom. The van der Waals surface area contributed by atoms with Crippen molar-refractivity contribution in [2.45, 2.75) is 26.4 Å². The van der Waals surface area contributed by atoms with E-state index in [2.05, 4.69) is 9.97 Å². The van der Waals surface area contributed by atoms with Crippen LogP contribution in [0.3, 0.4) is 0 Å². The van der Waals surface area contributed by atoms with E-state index in [0.717, 1.165) is 11.0 Å². The van der Waals surface area contributed by atoms with Crippen LogP contribution in [0.5, 0.6) is 0 Å². The first-order valence-corrected chi connectivity index (χ1v) is 8.26. The summed E-state index contributed by atoms with van der Waals surface area (Å²) in [5.74, 6) is -0.555. The minimum Gasteiger partial charge on any atom is -0.460 e. The molecule has 0 aliphatic heterocycles. The van der Waals surface area contributed by atoms with E-state index in [1.807, 2.05) is 6.92 Å². The highest BCUT2D eigenvalue weighted by Gasteiger charge is 2.16. The van der Waals surface area contributed by atoms with E-state index in [4.69, 9.17) is 4.74 Å². The predicted octanol–water partition coefficient (Wildman–Crippen LogP) is 0.559. The zero-order valence-electron chi connectivity index (χ0n) is 14.6. The van der Waals surface area contributed by atoms with Gasteiger partial charge >= 0.3 is 11.7 Å². The van der Waals surface area contributed by atoms with Crippen molar-refractivity contribution >= 4 is 17.1 Å². The number of aromatic nitrogens is 5. The molecule has 0 aliphatic rings. The molecule has 0 aromatic carbocycles. The van der Waals surface area contributed by atoms with Gasteiger partial charge in [0.25, 0.3) is 5.56 Å². The lowest BCUT2D eigenvalue weighted by Crippen LogP contribution is -2.40. The van der Waals surface area contributed by atoms with Gasteiger partial charge < -0.3 is 9.30 Å². The number of carbonyl (C=O) groups is 1. The highest BCUT2D eigenvalue weighted by Crippen LogP contribution is 2.06. The number of hydrogen-bond donors (Lipinski definition) is 0. The fourth-order valence-electron chi connectivity index (χ4n) is 2.73. The average molecular weight is 357 g/mol. The molecule has 3 aromatic heterocycles. The third-order valence-corrected chi connectivity index (χ3v) is 4.01. The molecule has 3 rings (SSSR count). The molecule has 136 valence electrons. The number of imidazole rings is 1. The Morgan fingerprint density at radius 3 is 2.77 bits per heavy atom. The number of fused-ring (bicyclic) bond motifs is 1. The molecule has 0 unspecified atom stereocenters. The Balaban J connectivity index is 1.86. The number of ether oxygens (including phenoxy) is 1. The molecule has 0 bridgehead atoms. The average Bonchev–Trinajstić information content (AvgIpc) is 3.07. The van der Waals surface area contributed by atoms with Crippen molar-refractivity contribution in [3.63, 3.8) is 0 Å². The van der Waals surface area contributed by atoms with Crippen molar-refractivity contribution in [1.82, 2.24) is 23.7 Å². The molecule has 3 heterocycles. The highest BCUT2D eigenvalue weighted by molar-refractivity contribution is 5.88. The van der Waals surface area contributed by atoms with Gasteiger partial charge in [-0.3, -0.25) is 18.9 Å². The van der Waals surface area contributed by atoms with Crippen molar-refractivity contribution in [2.24, 2.45) is 7.05 Å². The number of nitrogens with zero attached hydrogens (tertiary/aromatic N) is 5. The number of pyridine rings is 1. The molecule has 0 saturated heterocycles. The standard InChI is InChI=1S/C17H19N5O4/c1-3-7-21-11-19-14-13(21)15(23)22(17(25)20(14)2)8-9-26-16(24)12-5-4-6-18-10-12/h4-6,10-11H,3,7-9H2,1-2H3. The summed E-state index contributed by atoms with van der Waals surface area (Å²) >= 11 is 0. The summed E-state index contributed by atoms with van der Waals surface area (Å²) < 4.78 is 9.26. The molecule has 0 atom stereocenters. The Hall–Kier alpha value is -3.23. The van der Waals surface area contributed by atoms with E-state index in [9.17, 15) is 14.4 Å². The zero-order chi connectivity index (χ0) is 18.7. The van der Waals surface area contributed by atoms with Crippen LogP contribution in [0.1, 0.15) is 23.7 Å². The molecule has 0 amide bonds. The number of aryl methyl sites for hydroxylation is 2. The summed E-state index contributed by atoms with van der Waals surface area (Å²) in [5, 5.41) is 0. The van der Waals surface area contributed by atoms with Gasteiger partial charge in [-0.15, -0.1) is 0 Å². The first kappa shape index (κ1) is 17.6. The van der Waals surface area contributed by atoms with Crippen LogP contribution in [0.15, 0.2) is 40.4 Å². The van der Waals surface area contributed by atoms with Gasteiger partial charge in [0, 0.05) is 26.0 Å². The number of carbonyl (C=O) groups excluding carboxylic acids is 1. The van der Waals surface area contributed by atoms with E-state index in [1.54, 1.807) is 36.3 Å². The highest BCUT2D eigenvalue weighted by atomic mass is 16.5. The second-order valence-electron chi connectivity index (χ2n) is 5.79. The minimum absolute atomic E-state index is 0.0370. The van der Waals surface area contributed by atoms with Crippen LogP contribution in [0, 0.1) is 0 Å². The topological polar surface area (TPSA) is 101 Å². The second-order valence-corrected chi connectivity index (χ2v) is 5.79. The predicted molar refractivity (Wildman–Crippen MR) is 94.0 cm³/mol. The second kappa shape index (κ2) is 7.34. The van der Waals surface area contributed by atoms with Crippen LogP contribution in [0.4, 0.5) is 0 Å². The molecule has 26 heavy (non-hydrogen) atoms. The van der Waals surface area contributed by atoms with Crippen LogP contribution in [0.2, 0.25) is 0 Å². The third-order valence-electron chi connectivity index (χ3n) is 4.01. The van der Waals surface area contributed by atoms with Crippen molar-refractivity contribution in [3.05, 3.63) is 57.3 Å². The summed E-state index contributed by atoms with van der Waals surface area (Å²) in [6.45, 7) is 2.48. The van der Waals surface area contributed by atoms with Gasteiger partial charge in [0.15, 0.2) is 11.2 Å². The SMILES string of the molecule is CCCn1cnc2c1c(=O)n(CCOC(=O)c1cccnc1)c(=O)n2C. The molecule has 0 fully saturated rings. The molecule has 0 saturated carbocycles. The number of hydrogen-bond acceptors (Lipinski definition) is 6. The van der Waals surface area contributed by atoms with Crippen LogP contribution in [0.25, 0.3) is 11.2 Å². The normalized spacial score (nSPS) is 11.0. The Labute approximate surface area is 148 Å². The van der Waals surface area contributed by atoms with Crippen LogP contribution < -0.4 is 11.2 Å². The molecule has 9 nitrogen and oxygen atoms in total. The Morgan fingerprint density at radius 2 is 2.08 bits per heavy atom. The van der Waals surface area contributed by atoms with Gasteiger partial charge in [0.1, 0.15) is 6.61 Å². The molecular formula is C17H19N5O4. The molecule has 0 spiro atoms. The van der Waals surface area contributed by atoms with Crippen molar-refractivity contribution in [1.29, 1.82) is 0 Å². The molecule has 0 N–H and O–H groups in total. The third kappa shape index (κ3) is 3.15. The van der Waals surface area contributed by atoms with Gasteiger partial charge in [0.05, 0.1) is 18.4 Å². The molecule has 0 radical (unpaired) electrons. The van der Waals surface area contributed by atoms with Crippen LogP contribution in [-0.2, 0) is 24.9 Å². The van der Waals surface area contributed by atoms with Crippen LogP contribution >= 0.6 is 0 Å². The van der Waals surface area contributed by atoms with Crippen molar-refractivity contribution in [2.75, 3.05) is 6.61 Å². The number of esters is 1. The minimum atomic E-state index is -0.555. The maximum Gasteiger partial charge on any atom is 0.339 e. The van der Waals surface area contributed by atoms with E-state index < -0.39 is 17.2 Å². The summed E-state index contributed by atoms with van der Waals surface area (Å²) in [7, 11) is 1.56. The van der Waals surface area contributed by atoms with E-state index in [0.29, 0.717) is 23.3 Å². The molecule has 0 aliphatic carbocycles. The monoisotopic (exact) mass is 357 g/mol. The fourth-order valence-corrected chi connectivity index (χ4v) is 2.73. The van der Waals surface area contributed by atoms with Gasteiger partial charge in [0.2, 0.25) is 0 Å². The lowest BCUT2D eigenvalue weighted by atomic mass is 10.3. The maximum atomic E-state index is 12.7. The van der Waals surface area contributed by atoms with E-state index >= 15 is 0 Å². The van der Waals surface area contributed by atoms with E-state index in [-0.39, 0.29) is 13.2 Å². The quantitative estimate of drug-likeness (QED) is 0.598. The first-order valence-electron chi connectivity index (χ1n) is 8.26. The lowest BCUT2D eigenvalue weighted by molar-refractivity contribution is 0.0488. The van der Waals surface area contributed by atoms with E-state index in [1.165, 1.54) is 10.8 Å². The summed E-state index contributed by atoms with van der Waals surface area (Å²) in [6.07, 6.45) is 5.33. The molecule has 3 aromatic rings. The smallest absolute Gasteiger partial charge is 0.339 e. The van der Waals surface area contributed by atoms with Gasteiger partial charge in [-0.05, 0) is 18.6 Å². The zero-order valence-corrected chi connectivity index (χ0v) is 14.6. The summed E-state index contributed by atoms with van der Waals surface area (Å²) in [4.78, 5) is 45.1. The molecule has 9 heteroatoms. The Kier molecular flexibility index (Phi) is 4.97. The first-order chi connectivity index (χ1) is 12.5. The van der Waals surface area contributed by atoms with Crippen molar-refractivity contribution in [3.8, 4) is 0 Å². The Bertz CT molecular complexity index is 1050. The summed E-state index contributed by atoms with van der Waals surface area (Å²) in [5.41, 5.74) is 0.0852. The van der Waals surface area contributed by atoms with Gasteiger partial charge in [-0.25, -0.2) is 14.6 Å². The number of rotatable bonds is 6. The maximum absolute atomic E-state index is 12.7.